The molecule has 0 aromatic carbocycles. The van der Waals surface area contributed by atoms with Crippen LogP contribution in [0.15, 0.2) is 0 Å². The summed E-state index contributed by atoms with van der Waals surface area (Å²) in [5.74, 6) is 0. The van der Waals surface area contributed by atoms with Crippen molar-refractivity contribution in [2.45, 2.75) is 39.3 Å². The third-order valence-electron chi connectivity index (χ3n) is 3.31. The summed E-state index contributed by atoms with van der Waals surface area (Å²) in [6.07, 6.45) is 0. The topological polar surface area (TPSA) is 41.7 Å². The molecule has 1 heterocycles. The molecule has 0 spiro atoms. The largest absolute Gasteiger partial charge is 0.392 e. The Labute approximate surface area is 116 Å². The minimum Gasteiger partial charge on any atom is -0.392 e. The predicted octanol–water partition coefficient (Wildman–Crippen LogP) is 1.09. The first kappa shape index (κ1) is 15.8. The van der Waals surface area contributed by atoms with Gasteiger partial charge in [-0.2, -0.15) is 0 Å². The van der Waals surface area contributed by atoms with Gasteiger partial charge in [-0.3, -0.25) is 9.80 Å². The van der Waals surface area contributed by atoms with E-state index in [2.05, 4.69) is 37.5 Å². The maximum Gasteiger partial charge on any atom is 0.0899 e. The molecule has 0 aromatic heterocycles. The Morgan fingerprint density at radius 3 is 2.28 bits per heavy atom. The molecule has 0 bridgehead atoms. The summed E-state index contributed by atoms with van der Waals surface area (Å²) in [7, 11) is 0. The second kappa shape index (κ2) is 6.80. The number of ether oxygens (including phenoxy) is 1. The number of thiocarbonyl (C=S) groups is 1. The highest BCUT2D eigenvalue weighted by Gasteiger charge is 2.22. The van der Waals surface area contributed by atoms with Crippen LogP contribution in [-0.4, -0.2) is 65.8 Å². The van der Waals surface area contributed by atoms with E-state index in [-0.39, 0.29) is 11.6 Å². The van der Waals surface area contributed by atoms with E-state index in [1.807, 2.05) is 0 Å². The number of hydrogen-bond donors (Lipinski definition) is 1. The van der Waals surface area contributed by atoms with Crippen LogP contribution in [-0.2, 0) is 4.74 Å². The number of hydrogen-bond acceptors (Lipinski definition) is 4. The summed E-state index contributed by atoms with van der Waals surface area (Å²) in [6.45, 7) is 14.4. The molecule has 0 amide bonds. The lowest BCUT2D eigenvalue weighted by atomic mass is 10.2. The predicted molar refractivity (Wildman–Crippen MR) is 80.0 cm³/mol. The van der Waals surface area contributed by atoms with Gasteiger partial charge in [0, 0.05) is 32.7 Å². The molecule has 18 heavy (non-hydrogen) atoms. The summed E-state index contributed by atoms with van der Waals surface area (Å²) in [5, 5.41) is 0. The van der Waals surface area contributed by atoms with Crippen molar-refractivity contribution in [1.82, 2.24) is 9.80 Å². The smallest absolute Gasteiger partial charge is 0.0899 e. The Morgan fingerprint density at radius 1 is 1.28 bits per heavy atom. The van der Waals surface area contributed by atoms with E-state index < -0.39 is 0 Å². The molecule has 1 unspecified atom stereocenters. The van der Waals surface area contributed by atoms with E-state index in [0.717, 1.165) is 39.3 Å². The minimum absolute atomic E-state index is 0.0396. The van der Waals surface area contributed by atoms with Crippen molar-refractivity contribution in [3.8, 4) is 0 Å². The molecule has 0 aliphatic carbocycles. The van der Waals surface area contributed by atoms with Gasteiger partial charge in [-0.05, 0) is 27.7 Å². The molecule has 1 aliphatic heterocycles. The number of nitrogens with two attached hydrogens (primary N) is 1. The monoisotopic (exact) mass is 273 g/mol. The fourth-order valence-electron chi connectivity index (χ4n) is 2.04. The molecule has 0 saturated carbocycles. The maximum absolute atomic E-state index is 5.75. The molecule has 1 rings (SSSR count). The second-order valence-corrected chi connectivity index (χ2v) is 6.39. The van der Waals surface area contributed by atoms with Crippen LogP contribution in [0.5, 0.6) is 0 Å². The highest BCUT2D eigenvalue weighted by Crippen LogP contribution is 2.09. The van der Waals surface area contributed by atoms with Gasteiger partial charge in [-0.25, -0.2) is 0 Å². The molecule has 4 nitrogen and oxygen atoms in total. The molecule has 1 saturated heterocycles. The molecule has 106 valence electrons. The average Bonchev–Trinajstić information content (AvgIpc) is 2.27. The lowest BCUT2D eigenvalue weighted by molar-refractivity contribution is -0.0182. The summed E-state index contributed by atoms with van der Waals surface area (Å²) in [5.41, 5.74) is 5.65. The molecular weight excluding hydrogens is 246 g/mol. The van der Waals surface area contributed by atoms with Crippen LogP contribution in [0.2, 0.25) is 0 Å². The Kier molecular flexibility index (Phi) is 5.98. The van der Waals surface area contributed by atoms with Gasteiger partial charge in [-0.15, -0.1) is 0 Å². The summed E-state index contributed by atoms with van der Waals surface area (Å²) in [6, 6.07) is 0.216. The maximum atomic E-state index is 5.75. The van der Waals surface area contributed by atoms with Crippen molar-refractivity contribution in [2.75, 3.05) is 39.3 Å². The zero-order valence-electron chi connectivity index (χ0n) is 12.1. The Balaban J connectivity index is 2.21. The van der Waals surface area contributed by atoms with Gasteiger partial charge in [0.15, 0.2) is 0 Å². The average molecular weight is 273 g/mol. The number of rotatable bonds is 5. The van der Waals surface area contributed by atoms with Crippen molar-refractivity contribution in [1.29, 1.82) is 0 Å². The molecule has 0 aromatic rings. The van der Waals surface area contributed by atoms with E-state index >= 15 is 0 Å². The molecular formula is C13H27N3OS. The molecule has 1 atom stereocenters. The van der Waals surface area contributed by atoms with Gasteiger partial charge in [0.1, 0.15) is 0 Å². The summed E-state index contributed by atoms with van der Waals surface area (Å²) in [4.78, 5) is 5.39. The molecule has 5 heteroatoms. The normalized spacial score (nSPS) is 20.9. The zero-order valence-corrected chi connectivity index (χ0v) is 12.9. The van der Waals surface area contributed by atoms with Crippen LogP contribution >= 0.6 is 12.2 Å². The van der Waals surface area contributed by atoms with Crippen LogP contribution in [0, 0.1) is 0 Å². The van der Waals surface area contributed by atoms with Crippen LogP contribution in [0.4, 0.5) is 0 Å². The minimum atomic E-state index is -0.0396. The van der Waals surface area contributed by atoms with Crippen molar-refractivity contribution >= 4 is 17.2 Å². The van der Waals surface area contributed by atoms with Crippen molar-refractivity contribution < 1.29 is 4.74 Å². The van der Waals surface area contributed by atoms with Gasteiger partial charge in [0.2, 0.25) is 0 Å². The molecule has 1 aliphatic rings. The fraction of sp³-hybridized carbons (Fsp3) is 0.923. The Hall–Kier alpha value is -0.230. The first-order valence-corrected chi connectivity index (χ1v) is 7.10. The van der Waals surface area contributed by atoms with E-state index in [1.165, 1.54) is 0 Å². The molecule has 1 fully saturated rings. The Bertz CT molecular complexity index is 270. The fourth-order valence-corrected chi connectivity index (χ4v) is 2.18. The third-order valence-corrected chi connectivity index (χ3v) is 3.65. The van der Waals surface area contributed by atoms with Gasteiger partial charge in [0.25, 0.3) is 0 Å². The quantitative estimate of drug-likeness (QED) is 0.760. The second-order valence-electron chi connectivity index (χ2n) is 5.92. The molecule has 0 radical (unpaired) electrons. The Morgan fingerprint density at radius 2 is 1.83 bits per heavy atom. The SMILES string of the molecule is CC(C(N)=S)N1CCN(CCOC(C)(C)C)CC1. The standard InChI is InChI=1S/C13H27N3OS/c1-11(12(14)18)16-7-5-15(6-8-16)9-10-17-13(2,3)4/h11H,5-10H2,1-4H3,(H2,14,18). The van der Waals surface area contributed by atoms with E-state index in [1.54, 1.807) is 0 Å². The van der Waals surface area contributed by atoms with Gasteiger partial charge >= 0.3 is 0 Å². The lowest BCUT2D eigenvalue weighted by Crippen LogP contribution is -2.53. The third kappa shape index (κ3) is 5.61. The zero-order chi connectivity index (χ0) is 13.8. The number of piperazine rings is 1. The van der Waals surface area contributed by atoms with Gasteiger partial charge in [0.05, 0.1) is 23.2 Å². The summed E-state index contributed by atoms with van der Waals surface area (Å²) < 4.78 is 5.75. The first-order chi connectivity index (χ1) is 8.29. The first-order valence-electron chi connectivity index (χ1n) is 6.69. The molecule has 2 N–H and O–H groups in total. The van der Waals surface area contributed by atoms with E-state index in [0.29, 0.717) is 4.99 Å². The van der Waals surface area contributed by atoms with Gasteiger partial charge < -0.3 is 10.5 Å². The van der Waals surface area contributed by atoms with Gasteiger partial charge in [-0.1, -0.05) is 12.2 Å². The van der Waals surface area contributed by atoms with Crippen LogP contribution in [0.3, 0.4) is 0 Å². The highest BCUT2D eigenvalue weighted by molar-refractivity contribution is 7.80. The van der Waals surface area contributed by atoms with Crippen LogP contribution in [0.25, 0.3) is 0 Å². The van der Waals surface area contributed by atoms with Crippen molar-refractivity contribution in [3.63, 3.8) is 0 Å². The summed E-state index contributed by atoms with van der Waals surface area (Å²) >= 11 is 5.04. The van der Waals surface area contributed by atoms with E-state index in [9.17, 15) is 0 Å². The van der Waals surface area contributed by atoms with Crippen molar-refractivity contribution in [3.05, 3.63) is 0 Å². The lowest BCUT2D eigenvalue weighted by Gasteiger charge is -2.37. The van der Waals surface area contributed by atoms with Crippen LogP contribution in [0.1, 0.15) is 27.7 Å². The van der Waals surface area contributed by atoms with Crippen molar-refractivity contribution in [2.24, 2.45) is 5.73 Å². The van der Waals surface area contributed by atoms with E-state index in [4.69, 9.17) is 22.7 Å². The van der Waals surface area contributed by atoms with Crippen LogP contribution < -0.4 is 5.73 Å². The highest BCUT2D eigenvalue weighted by atomic mass is 32.1. The number of nitrogens with zero attached hydrogens (tertiary/aromatic N) is 2.